The van der Waals surface area contributed by atoms with Crippen LogP contribution >= 0.6 is 23.2 Å². The van der Waals surface area contributed by atoms with Crippen LogP contribution in [0.3, 0.4) is 0 Å². The molecule has 0 fully saturated rings. The van der Waals surface area contributed by atoms with Gasteiger partial charge in [-0.1, -0.05) is 59.6 Å². The second-order valence-corrected chi connectivity index (χ2v) is 6.95. The van der Waals surface area contributed by atoms with Gasteiger partial charge in [-0.25, -0.2) is 0 Å². The van der Waals surface area contributed by atoms with Gasteiger partial charge in [-0.3, -0.25) is 4.79 Å². The second kappa shape index (κ2) is 7.46. The van der Waals surface area contributed by atoms with Crippen LogP contribution in [0, 0.1) is 0 Å². The van der Waals surface area contributed by atoms with Gasteiger partial charge in [0.25, 0.3) is 0 Å². The van der Waals surface area contributed by atoms with E-state index in [4.69, 9.17) is 28.9 Å². The maximum absolute atomic E-state index is 11.3. The van der Waals surface area contributed by atoms with Gasteiger partial charge in [0.15, 0.2) is 5.82 Å². The maximum Gasteiger partial charge on any atom is 0.248 e. The number of rotatable bonds is 4. The Bertz CT molecular complexity index is 1190. The van der Waals surface area contributed by atoms with Crippen molar-refractivity contribution in [3.63, 3.8) is 0 Å². The molecule has 0 atom stereocenters. The number of amides is 1. The highest BCUT2D eigenvalue weighted by Crippen LogP contribution is 2.32. The van der Waals surface area contributed by atoms with E-state index in [1.807, 2.05) is 42.5 Å². The molecule has 0 aliphatic rings. The number of nitrogens with two attached hydrogens (primary N) is 1. The lowest BCUT2D eigenvalue weighted by Crippen LogP contribution is -2.10. The van der Waals surface area contributed by atoms with Crippen molar-refractivity contribution in [2.75, 3.05) is 5.32 Å². The third-order valence-electron chi connectivity index (χ3n) is 4.31. The highest BCUT2D eigenvalue weighted by molar-refractivity contribution is 6.42. The molecule has 1 amide bonds. The van der Waals surface area contributed by atoms with Crippen LogP contribution in [0.2, 0.25) is 10.0 Å². The first-order chi connectivity index (χ1) is 13.5. The van der Waals surface area contributed by atoms with E-state index in [0.717, 1.165) is 22.0 Å². The van der Waals surface area contributed by atoms with Crippen LogP contribution in [0.4, 0.5) is 11.5 Å². The van der Waals surface area contributed by atoms with Crippen LogP contribution in [0.15, 0.2) is 66.7 Å². The summed E-state index contributed by atoms with van der Waals surface area (Å²) in [4.78, 5) is 11.3. The highest BCUT2D eigenvalue weighted by Gasteiger charge is 2.12. The summed E-state index contributed by atoms with van der Waals surface area (Å²) >= 11 is 12.1. The zero-order valence-electron chi connectivity index (χ0n) is 14.5. The van der Waals surface area contributed by atoms with Crippen LogP contribution in [-0.2, 0) is 0 Å². The second-order valence-electron chi connectivity index (χ2n) is 6.14. The Kier molecular flexibility index (Phi) is 4.86. The molecule has 1 aromatic heterocycles. The Morgan fingerprint density at radius 3 is 2.25 bits per heavy atom. The summed E-state index contributed by atoms with van der Waals surface area (Å²) in [6.45, 7) is 0. The molecule has 0 radical (unpaired) electrons. The molecule has 4 aromatic rings. The van der Waals surface area contributed by atoms with E-state index < -0.39 is 5.91 Å². The first-order valence-electron chi connectivity index (χ1n) is 8.40. The van der Waals surface area contributed by atoms with Crippen molar-refractivity contribution < 1.29 is 4.79 Å². The lowest BCUT2D eigenvalue weighted by Gasteiger charge is -2.12. The van der Waals surface area contributed by atoms with Gasteiger partial charge < -0.3 is 11.1 Å². The summed E-state index contributed by atoms with van der Waals surface area (Å²) in [6.07, 6.45) is 0. The Morgan fingerprint density at radius 1 is 0.857 bits per heavy atom. The Morgan fingerprint density at radius 2 is 1.57 bits per heavy atom. The number of nitrogens with one attached hydrogen (secondary N) is 1. The SMILES string of the molecule is NC(=O)c1ccc(-c2nnc(Nc3ccc(Cl)c(Cl)c3)c3ccccc23)cc1. The van der Waals surface area contributed by atoms with Gasteiger partial charge in [-0.15, -0.1) is 10.2 Å². The predicted octanol–water partition coefficient (Wildman–Crippen LogP) is 5.45. The minimum absolute atomic E-state index is 0.443. The number of nitrogens with zero attached hydrogens (tertiary/aromatic N) is 2. The van der Waals surface area contributed by atoms with Crippen LogP contribution in [0.1, 0.15) is 10.4 Å². The molecular formula is C21H14Cl2N4O. The van der Waals surface area contributed by atoms with Gasteiger partial charge in [-0.05, 0) is 30.3 Å². The molecule has 7 heteroatoms. The number of halogens is 2. The number of benzene rings is 3. The van der Waals surface area contributed by atoms with Crippen molar-refractivity contribution in [1.29, 1.82) is 0 Å². The normalized spacial score (nSPS) is 10.8. The fourth-order valence-electron chi connectivity index (χ4n) is 2.91. The standard InChI is InChI=1S/C21H14Cl2N4O/c22-17-10-9-14(11-18(17)23)25-21-16-4-2-1-3-15(16)19(26-27-21)12-5-7-13(8-6-12)20(24)28/h1-11H,(H2,24,28)(H,25,27). The molecule has 0 saturated heterocycles. The number of anilines is 2. The van der Waals surface area contributed by atoms with Gasteiger partial charge >= 0.3 is 0 Å². The molecule has 5 nitrogen and oxygen atoms in total. The van der Waals surface area contributed by atoms with Gasteiger partial charge in [0.05, 0.1) is 10.0 Å². The van der Waals surface area contributed by atoms with Crippen molar-refractivity contribution in [3.05, 3.63) is 82.3 Å². The molecule has 3 N–H and O–H groups in total. The van der Waals surface area contributed by atoms with Crippen molar-refractivity contribution in [3.8, 4) is 11.3 Å². The van der Waals surface area contributed by atoms with Crippen molar-refractivity contribution >= 4 is 51.4 Å². The summed E-state index contributed by atoms with van der Waals surface area (Å²) in [7, 11) is 0. The molecule has 0 spiro atoms. The average Bonchev–Trinajstić information content (AvgIpc) is 2.71. The summed E-state index contributed by atoms with van der Waals surface area (Å²) in [6, 6.07) is 20.1. The third kappa shape index (κ3) is 3.50. The van der Waals surface area contributed by atoms with Crippen molar-refractivity contribution in [2.45, 2.75) is 0 Å². The summed E-state index contributed by atoms with van der Waals surface area (Å²) in [5, 5.41) is 14.8. The fraction of sp³-hybridized carbons (Fsp3) is 0. The van der Waals surface area contributed by atoms with E-state index in [2.05, 4.69) is 15.5 Å². The zero-order valence-corrected chi connectivity index (χ0v) is 16.0. The maximum atomic E-state index is 11.3. The fourth-order valence-corrected chi connectivity index (χ4v) is 3.21. The highest BCUT2D eigenvalue weighted by atomic mass is 35.5. The topological polar surface area (TPSA) is 80.9 Å². The van der Waals surface area contributed by atoms with Gasteiger partial charge in [0.2, 0.25) is 5.91 Å². The number of carbonyl (C=O) groups excluding carboxylic acids is 1. The molecule has 3 aromatic carbocycles. The Labute approximate surface area is 171 Å². The Balaban J connectivity index is 1.78. The number of carbonyl (C=O) groups is 1. The van der Waals surface area contributed by atoms with Gasteiger partial charge in [-0.2, -0.15) is 0 Å². The van der Waals surface area contributed by atoms with Crippen LogP contribution in [-0.4, -0.2) is 16.1 Å². The minimum Gasteiger partial charge on any atom is -0.366 e. The number of hydrogen-bond acceptors (Lipinski definition) is 4. The van der Waals surface area contributed by atoms with Crippen molar-refractivity contribution in [1.82, 2.24) is 10.2 Å². The molecule has 4 rings (SSSR count). The van der Waals surface area contributed by atoms with Crippen LogP contribution in [0.5, 0.6) is 0 Å². The monoisotopic (exact) mass is 408 g/mol. The van der Waals surface area contributed by atoms with E-state index in [0.29, 0.717) is 27.1 Å². The van der Waals surface area contributed by atoms with E-state index in [9.17, 15) is 4.79 Å². The summed E-state index contributed by atoms with van der Waals surface area (Å²) < 4.78 is 0. The molecule has 0 aliphatic carbocycles. The Hall–Kier alpha value is -3.15. The predicted molar refractivity (Wildman–Crippen MR) is 113 cm³/mol. The lowest BCUT2D eigenvalue weighted by atomic mass is 10.0. The number of primary amides is 1. The minimum atomic E-state index is -0.469. The molecule has 0 saturated carbocycles. The molecule has 0 unspecified atom stereocenters. The van der Waals surface area contributed by atoms with Crippen LogP contribution < -0.4 is 11.1 Å². The summed E-state index contributed by atoms with van der Waals surface area (Å²) in [5.41, 5.74) is 8.07. The first-order valence-corrected chi connectivity index (χ1v) is 9.16. The molecule has 138 valence electrons. The number of fused-ring (bicyclic) bond motifs is 1. The molecule has 1 heterocycles. The zero-order chi connectivity index (χ0) is 19.7. The first kappa shape index (κ1) is 18.2. The summed E-state index contributed by atoms with van der Waals surface area (Å²) in [5.74, 6) is 0.134. The third-order valence-corrected chi connectivity index (χ3v) is 5.05. The van der Waals surface area contributed by atoms with E-state index >= 15 is 0 Å². The van der Waals surface area contributed by atoms with E-state index in [1.165, 1.54) is 0 Å². The van der Waals surface area contributed by atoms with Crippen molar-refractivity contribution in [2.24, 2.45) is 5.73 Å². The molecule has 0 aliphatic heterocycles. The molecule has 0 bridgehead atoms. The largest absolute Gasteiger partial charge is 0.366 e. The molecular weight excluding hydrogens is 395 g/mol. The average molecular weight is 409 g/mol. The van der Waals surface area contributed by atoms with E-state index in [-0.39, 0.29) is 0 Å². The number of hydrogen-bond donors (Lipinski definition) is 2. The lowest BCUT2D eigenvalue weighted by molar-refractivity contribution is 0.100. The smallest absolute Gasteiger partial charge is 0.248 e. The van der Waals surface area contributed by atoms with Gasteiger partial charge in [0, 0.05) is 27.6 Å². The molecule has 28 heavy (non-hydrogen) atoms. The quantitative estimate of drug-likeness (QED) is 0.470. The van der Waals surface area contributed by atoms with E-state index in [1.54, 1.807) is 24.3 Å². The van der Waals surface area contributed by atoms with Gasteiger partial charge in [0.1, 0.15) is 5.69 Å². The number of aromatic nitrogens is 2. The van der Waals surface area contributed by atoms with Crippen LogP contribution in [0.25, 0.3) is 22.0 Å².